The van der Waals surface area contributed by atoms with Crippen molar-refractivity contribution in [1.82, 2.24) is 15.3 Å². The summed E-state index contributed by atoms with van der Waals surface area (Å²) in [6.45, 7) is 5.90. The molecule has 0 bridgehead atoms. The number of methoxy groups -OCH3 is 2. The van der Waals surface area contributed by atoms with Gasteiger partial charge in [0, 0.05) is 28.2 Å². The molecule has 4 rings (SSSR count). The summed E-state index contributed by atoms with van der Waals surface area (Å²) in [7, 11) is 3.17. The van der Waals surface area contributed by atoms with Crippen molar-refractivity contribution in [3.05, 3.63) is 64.2 Å². The predicted molar refractivity (Wildman–Crippen MR) is 134 cm³/mol. The maximum absolute atomic E-state index is 12.4. The Morgan fingerprint density at radius 1 is 1.00 bits per heavy atom. The zero-order valence-corrected chi connectivity index (χ0v) is 20.4. The monoisotopic (exact) mass is 478 g/mol. The molecule has 2 amide bonds. The first-order chi connectivity index (χ1) is 16.4. The highest BCUT2D eigenvalue weighted by molar-refractivity contribution is 7.11. The molecule has 0 fully saturated rings. The number of hydrogen-bond acceptors (Lipinski definition) is 7. The molecule has 1 atom stereocenters. The Morgan fingerprint density at radius 3 is 2.35 bits per heavy atom. The number of rotatable bonds is 7. The van der Waals surface area contributed by atoms with Crippen molar-refractivity contribution < 1.29 is 19.0 Å². The second-order valence-electron chi connectivity index (χ2n) is 7.67. The van der Waals surface area contributed by atoms with Crippen LogP contribution in [0.5, 0.6) is 23.0 Å². The molecule has 9 heteroatoms. The van der Waals surface area contributed by atoms with E-state index in [0.29, 0.717) is 28.7 Å². The van der Waals surface area contributed by atoms with Crippen LogP contribution in [-0.4, -0.2) is 30.2 Å². The quantitative estimate of drug-likeness (QED) is 0.338. The topological polar surface area (TPSA) is 94.6 Å². The molecule has 8 nitrogen and oxygen atoms in total. The van der Waals surface area contributed by atoms with Crippen LogP contribution in [0, 0.1) is 13.8 Å². The number of hydrogen-bond donors (Lipinski definition) is 2. The maximum atomic E-state index is 12.4. The van der Waals surface area contributed by atoms with Gasteiger partial charge in [0.05, 0.1) is 31.5 Å². The highest BCUT2D eigenvalue weighted by Gasteiger charge is 2.15. The van der Waals surface area contributed by atoms with Crippen LogP contribution >= 0.6 is 11.3 Å². The summed E-state index contributed by atoms with van der Waals surface area (Å²) in [6.07, 6.45) is 1.68. The van der Waals surface area contributed by atoms with Gasteiger partial charge in [0.2, 0.25) is 0 Å². The fourth-order valence-corrected chi connectivity index (χ4v) is 4.30. The van der Waals surface area contributed by atoms with Crippen molar-refractivity contribution in [2.45, 2.75) is 26.8 Å². The van der Waals surface area contributed by atoms with Crippen molar-refractivity contribution in [2.24, 2.45) is 0 Å². The van der Waals surface area contributed by atoms with Gasteiger partial charge in [0.15, 0.2) is 11.5 Å². The molecular formula is C25H26N4O4S. The molecule has 2 aromatic heterocycles. The van der Waals surface area contributed by atoms with Crippen molar-refractivity contribution >= 4 is 34.0 Å². The van der Waals surface area contributed by atoms with Gasteiger partial charge in [0.25, 0.3) is 0 Å². The number of carbonyl (C=O) groups excluding carboxylic acids is 1. The van der Waals surface area contributed by atoms with Gasteiger partial charge in [0.1, 0.15) is 16.5 Å². The molecule has 0 radical (unpaired) electrons. The average molecular weight is 479 g/mol. The molecule has 0 aliphatic carbocycles. The van der Waals surface area contributed by atoms with Crippen molar-refractivity contribution in [1.29, 1.82) is 0 Å². The van der Waals surface area contributed by atoms with Crippen molar-refractivity contribution in [3.63, 3.8) is 0 Å². The van der Waals surface area contributed by atoms with E-state index in [1.807, 2.05) is 32.9 Å². The first-order valence-electron chi connectivity index (χ1n) is 10.7. The van der Waals surface area contributed by atoms with E-state index in [1.54, 1.807) is 62.1 Å². The third-order valence-corrected chi connectivity index (χ3v) is 6.57. The lowest BCUT2D eigenvalue weighted by Gasteiger charge is -2.14. The molecule has 0 aliphatic rings. The number of aryl methyl sites for hydroxylation is 2. The Hall–Kier alpha value is -3.85. The first-order valence-corrected chi connectivity index (χ1v) is 11.5. The van der Waals surface area contributed by atoms with E-state index < -0.39 is 0 Å². The van der Waals surface area contributed by atoms with Crippen LogP contribution in [0.3, 0.4) is 0 Å². The number of benzene rings is 2. The van der Waals surface area contributed by atoms with Gasteiger partial charge >= 0.3 is 6.03 Å². The maximum Gasteiger partial charge on any atom is 0.319 e. The minimum absolute atomic E-state index is 0.185. The van der Waals surface area contributed by atoms with Crippen molar-refractivity contribution in [2.75, 3.05) is 19.5 Å². The van der Waals surface area contributed by atoms with Gasteiger partial charge in [-0.05, 0) is 57.2 Å². The normalized spacial score (nSPS) is 11.7. The van der Waals surface area contributed by atoms with Crippen LogP contribution in [0.15, 0.2) is 48.7 Å². The number of nitrogens with one attached hydrogen (secondary N) is 2. The first kappa shape index (κ1) is 23.3. The predicted octanol–water partition coefficient (Wildman–Crippen LogP) is 6.00. The highest BCUT2D eigenvalue weighted by atomic mass is 32.1. The van der Waals surface area contributed by atoms with E-state index in [9.17, 15) is 4.79 Å². The molecule has 2 heterocycles. The Bertz CT molecular complexity index is 1300. The summed E-state index contributed by atoms with van der Waals surface area (Å²) in [4.78, 5) is 22.5. The van der Waals surface area contributed by atoms with E-state index in [4.69, 9.17) is 14.2 Å². The molecule has 176 valence electrons. The number of amides is 2. The summed E-state index contributed by atoms with van der Waals surface area (Å²) in [5.41, 5.74) is 2.36. The molecule has 2 N–H and O–H groups in total. The summed E-state index contributed by atoms with van der Waals surface area (Å²) in [5, 5.41) is 7.44. The molecule has 34 heavy (non-hydrogen) atoms. The van der Waals surface area contributed by atoms with Gasteiger partial charge in [-0.25, -0.2) is 9.78 Å². The number of nitrogens with zero attached hydrogens (tertiary/aromatic N) is 2. The van der Waals surface area contributed by atoms with Crippen LogP contribution < -0.4 is 24.8 Å². The number of pyridine rings is 1. The summed E-state index contributed by atoms with van der Waals surface area (Å²) in [5.74, 6) is 2.45. The molecule has 2 aromatic carbocycles. The van der Waals surface area contributed by atoms with Crippen LogP contribution in [0.2, 0.25) is 0 Å². The Kier molecular flexibility index (Phi) is 6.83. The van der Waals surface area contributed by atoms with Crippen LogP contribution in [0.25, 0.3) is 10.9 Å². The smallest absolute Gasteiger partial charge is 0.319 e. The van der Waals surface area contributed by atoms with Gasteiger partial charge in [-0.3, -0.25) is 4.98 Å². The third kappa shape index (κ3) is 5.04. The Labute approximate surface area is 201 Å². The number of carbonyl (C=O) groups is 1. The van der Waals surface area contributed by atoms with E-state index in [2.05, 4.69) is 20.6 Å². The number of anilines is 1. The zero-order valence-electron chi connectivity index (χ0n) is 19.6. The summed E-state index contributed by atoms with van der Waals surface area (Å²) < 4.78 is 16.9. The Balaban J connectivity index is 1.44. The van der Waals surface area contributed by atoms with Crippen LogP contribution in [0.4, 0.5) is 10.5 Å². The minimum Gasteiger partial charge on any atom is -0.493 e. The molecular weight excluding hydrogens is 452 g/mol. The van der Waals surface area contributed by atoms with Gasteiger partial charge in [-0.1, -0.05) is 0 Å². The van der Waals surface area contributed by atoms with Crippen LogP contribution in [-0.2, 0) is 0 Å². The second-order valence-corrected chi connectivity index (χ2v) is 8.91. The SMILES string of the molecule is COc1cc2nccc(Oc3ccc(NC(=O)NC(C)c4nc(C)c(C)s4)cc3)c2cc1OC. The average Bonchev–Trinajstić information content (AvgIpc) is 3.17. The fourth-order valence-electron chi connectivity index (χ4n) is 3.38. The number of ether oxygens (including phenoxy) is 3. The minimum atomic E-state index is -0.298. The number of urea groups is 1. The van der Waals surface area contributed by atoms with E-state index in [0.717, 1.165) is 26.5 Å². The molecule has 0 saturated heterocycles. The highest BCUT2D eigenvalue weighted by Crippen LogP contribution is 2.37. The lowest BCUT2D eigenvalue weighted by molar-refractivity contribution is 0.249. The third-order valence-electron chi connectivity index (χ3n) is 5.31. The number of thiazole rings is 1. The van der Waals surface area contributed by atoms with Crippen LogP contribution in [0.1, 0.15) is 28.5 Å². The Morgan fingerprint density at radius 2 is 1.71 bits per heavy atom. The summed E-state index contributed by atoms with van der Waals surface area (Å²) in [6, 6.07) is 12.1. The van der Waals surface area contributed by atoms with Gasteiger partial charge in [-0.15, -0.1) is 11.3 Å². The number of aromatic nitrogens is 2. The lowest BCUT2D eigenvalue weighted by atomic mass is 10.2. The van der Waals surface area contributed by atoms with E-state index >= 15 is 0 Å². The van der Waals surface area contributed by atoms with E-state index in [-0.39, 0.29) is 12.1 Å². The number of fused-ring (bicyclic) bond motifs is 1. The molecule has 0 aliphatic heterocycles. The standard InChI is InChI=1S/C25H26N4O4S/c1-14-16(3)34-24(27-14)15(2)28-25(30)29-17-6-8-18(9-7-17)33-21-10-11-26-20-13-23(32-5)22(31-4)12-19(20)21/h6-13,15H,1-5H3,(H2,28,29,30). The zero-order chi connectivity index (χ0) is 24.2. The van der Waals surface area contributed by atoms with Crippen molar-refractivity contribution in [3.8, 4) is 23.0 Å². The second kappa shape index (κ2) is 9.96. The lowest BCUT2D eigenvalue weighted by Crippen LogP contribution is -2.31. The van der Waals surface area contributed by atoms with E-state index in [1.165, 1.54) is 0 Å². The molecule has 1 unspecified atom stereocenters. The summed E-state index contributed by atoms with van der Waals surface area (Å²) >= 11 is 1.59. The molecule has 0 spiro atoms. The molecule has 4 aromatic rings. The van der Waals surface area contributed by atoms with Gasteiger partial charge in [-0.2, -0.15) is 0 Å². The fraction of sp³-hybridized carbons (Fsp3) is 0.240. The largest absolute Gasteiger partial charge is 0.493 e. The van der Waals surface area contributed by atoms with Gasteiger partial charge < -0.3 is 24.8 Å². The molecule has 0 saturated carbocycles.